The third kappa shape index (κ3) is 6.52. The van der Waals surface area contributed by atoms with E-state index in [1.54, 1.807) is 45.1 Å². The number of amides is 4. The molecular weight excluding hydrogens is 558 g/mol. The van der Waals surface area contributed by atoms with Crippen molar-refractivity contribution in [2.45, 2.75) is 77.3 Å². The molecule has 1 aromatic heterocycles. The molecule has 1 aliphatic carbocycles. The smallest absolute Gasteiger partial charge is 0.411 e. The number of rotatable bonds is 1. The first-order valence-corrected chi connectivity index (χ1v) is 13.4. The van der Waals surface area contributed by atoms with Gasteiger partial charge in [-0.1, -0.05) is 18.2 Å². The molecule has 1 saturated heterocycles. The third-order valence-corrected chi connectivity index (χ3v) is 7.27. The molecular formula is C26H34BrN5O6. The van der Waals surface area contributed by atoms with E-state index in [1.165, 1.54) is 11.8 Å². The fourth-order valence-corrected chi connectivity index (χ4v) is 5.29. The molecule has 4 amide bonds. The number of ether oxygens (including phenoxy) is 2. The van der Waals surface area contributed by atoms with Gasteiger partial charge in [0.05, 0.1) is 13.2 Å². The number of nitrogens with one attached hydrogen (secondary N) is 3. The van der Waals surface area contributed by atoms with E-state index >= 15 is 0 Å². The summed E-state index contributed by atoms with van der Waals surface area (Å²) in [6.45, 7) is 7.39. The van der Waals surface area contributed by atoms with E-state index in [2.05, 4.69) is 36.9 Å². The summed E-state index contributed by atoms with van der Waals surface area (Å²) in [6.07, 6.45) is 4.27. The average molecular weight is 592 g/mol. The Morgan fingerprint density at radius 3 is 2.68 bits per heavy atom. The number of hydrogen-bond donors (Lipinski definition) is 3. The fourth-order valence-electron chi connectivity index (χ4n) is 4.98. The normalized spacial score (nSPS) is 28.7. The minimum Gasteiger partial charge on any atom is -0.444 e. The number of halogens is 1. The number of carbonyl (C=O) groups is 4. The minimum atomic E-state index is -0.807. The van der Waals surface area contributed by atoms with E-state index in [9.17, 15) is 19.2 Å². The number of nitrogens with zero attached hydrogens (tertiary/aromatic N) is 2. The highest BCUT2D eigenvalue weighted by molar-refractivity contribution is 9.10. The third-order valence-electron chi connectivity index (χ3n) is 6.83. The summed E-state index contributed by atoms with van der Waals surface area (Å²) >= 11 is 3.35. The molecule has 1 aromatic rings. The summed E-state index contributed by atoms with van der Waals surface area (Å²) in [5.41, 5.74) is -0.528. The SMILES string of the molecule is CC(=O)N[C@H]1C/C=C/COCc2ccc(Br)nc2NC(=O)[C@@H]2C[C@@]3(CNC1=O)C[C@H]3N2C(=O)OC(C)(C)C. The van der Waals surface area contributed by atoms with Crippen LogP contribution in [-0.4, -0.2) is 70.6 Å². The number of anilines is 1. The van der Waals surface area contributed by atoms with Crippen molar-refractivity contribution in [3.63, 3.8) is 0 Å². The molecule has 206 valence electrons. The van der Waals surface area contributed by atoms with Gasteiger partial charge in [-0.2, -0.15) is 0 Å². The molecule has 3 N–H and O–H groups in total. The summed E-state index contributed by atoms with van der Waals surface area (Å²) in [4.78, 5) is 57.4. The number of likely N-dealkylation sites (tertiary alicyclic amines) is 1. The molecule has 38 heavy (non-hydrogen) atoms. The van der Waals surface area contributed by atoms with Crippen LogP contribution in [0.4, 0.5) is 10.6 Å². The number of hydrogen-bond acceptors (Lipinski definition) is 7. The maximum atomic E-state index is 13.6. The topological polar surface area (TPSA) is 139 Å². The van der Waals surface area contributed by atoms with Gasteiger partial charge in [0.2, 0.25) is 17.7 Å². The van der Waals surface area contributed by atoms with Crippen LogP contribution in [0.1, 0.15) is 52.5 Å². The summed E-state index contributed by atoms with van der Waals surface area (Å²) in [5.74, 6) is -0.684. The van der Waals surface area contributed by atoms with Gasteiger partial charge >= 0.3 is 6.09 Å². The summed E-state index contributed by atoms with van der Waals surface area (Å²) < 4.78 is 11.9. The summed E-state index contributed by atoms with van der Waals surface area (Å²) in [7, 11) is 0. The molecule has 3 aliphatic rings. The Bertz CT molecular complexity index is 1150. The van der Waals surface area contributed by atoms with Crippen LogP contribution in [0.15, 0.2) is 28.9 Å². The maximum Gasteiger partial charge on any atom is 0.411 e. The largest absolute Gasteiger partial charge is 0.444 e. The van der Waals surface area contributed by atoms with E-state index in [0.29, 0.717) is 35.2 Å². The molecule has 12 heteroatoms. The predicted octanol–water partition coefficient (Wildman–Crippen LogP) is 2.65. The molecule has 2 fully saturated rings. The molecule has 1 spiro atoms. The van der Waals surface area contributed by atoms with Crippen molar-refractivity contribution in [2.24, 2.45) is 5.41 Å². The quantitative estimate of drug-likeness (QED) is 0.337. The zero-order chi connectivity index (χ0) is 27.7. The van der Waals surface area contributed by atoms with Crippen LogP contribution in [-0.2, 0) is 30.5 Å². The van der Waals surface area contributed by atoms with E-state index < -0.39 is 29.2 Å². The maximum absolute atomic E-state index is 13.6. The van der Waals surface area contributed by atoms with Gasteiger partial charge in [0.1, 0.15) is 28.1 Å². The van der Waals surface area contributed by atoms with E-state index in [-0.39, 0.29) is 43.5 Å². The fraction of sp³-hybridized carbons (Fsp3) is 0.577. The highest BCUT2D eigenvalue weighted by Gasteiger charge is 2.68. The molecule has 3 heterocycles. The van der Waals surface area contributed by atoms with Gasteiger partial charge in [0, 0.05) is 30.5 Å². The molecule has 4 rings (SSSR count). The van der Waals surface area contributed by atoms with Crippen molar-refractivity contribution in [1.82, 2.24) is 20.5 Å². The van der Waals surface area contributed by atoms with Gasteiger partial charge in [-0.25, -0.2) is 9.78 Å². The van der Waals surface area contributed by atoms with Gasteiger partial charge in [0.25, 0.3) is 0 Å². The van der Waals surface area contributed by atoms with Gasteiger partial charge in [-0.15, -0.1) is 0 Å². The van der Waals surface area contributed by atoms with Crippen molar-refractivity contribution in [3.05, 3.63) is 34.5 Å². The molecule has 2 aliphatic heterocycles. The van der Waals surface area contributed by atoms with Crippen molar-refractivity contribution in [1.29, 1.82) is 0 Å². The van der Waals surface area contributed by atoms with Crippen LogP contribution in [0.5, 0.6) is 0 Å². The Kier molecular flexibility index (Phi) is 8.12. The molecule has 1 saturated carbocycles. The number of piperidine rings is 1. The highest BCUT2D eigenvalue weighted by atomic mass is 79.9. The molecule has 2 bridgehead atoms. The van der Waals surface area contributed by atoms with E-state index in [4.69, 9.17) is 9.47 Å². The first kappa shape index (κ1) is 28.0. The predicted molar refractivity (Wildman–Crippen MR) is 142 cm³/mol. The lowest BCUT2D eigenvalue weighted by atomic mass is 9.98. The van der Waals surface area contributed by atoms with Gasteiger partial charge in [-0.3, -0.25) is 19.3 Å². The molecule has 0 aromatic carbocycles. The van der Waals surface area contributed by atoms with Gasteiger partial charge in [0.15, 0.2) is 0 Å². The second-order valence-corrected chi connectivity index (χ2v) is 11.8. The Balaban J connectivity index is 1.64. The van der Waals surface area contributed by atoms with Crippen molar-refractivity contribution >= 4 is 45.6 Å². The van der Waals surface area contributed by atoms with Crippen LogP contribution < -0.4 is 16.0 Å². The Morgan fingerprint density at radius 2 is 1.97 bits per heavy atom. The van der Waals surface area contributed by atoms with Gasteiger partial charge < -0.3 is 25.4 Å². The molecule has 11 nitrogen and oxygen atoms in total. The lowest BCUT2D eigenvalue weighted by Gasteiger charge is -2.29. The number of fused-ring (bicyclic) bond motifs is 2. The van der Waals surface area contributed by atoms with E-state index in [0.717, 1.165) is 0 Å². The summed E-state index contributed by atoms with van der Waals surface area (Å²) in [6, 6.07) is 1.74. The second-order valence-electron chi connectivity index (χ2n) is 11.0. The van der Waals surface area contributed by atoms with Gasteiger partial charge in [-0.05, 0) is 62.0 Å². The van der Waals surface area contributed by atoms with Crippen LogP contribution in [0, 0.1) is 5.41 Å². The first-order valence-electron chi connectivity index (χ1n) is 12.6. The van der Waals surface area contributed by atoms with Crippen molar-refractivity contribution in [3.8, 4) is 0 Å². The lowest BCUT2D eigenvalue weighted by Crippen LogP contribution is -2.47. The van der Waals surface area contributed by atoms with Crippen molar-refractivity contribution < 1.29 is 28.7 Å². The Hall–Kier alpha value is -2.99. The second kappa shape index (κ2) is 11.0. The molecule has 0 radical (unpaired) electrons. The first-order chi connectivity index (χ1) is 17.9. The highest BCUT2D eigenvalue weighted by Crippen LogP contribution is 2.59. The zero-order valence-corrected chi connectivity index (χ0v) is 23.6. The number of carbonyl (C=O) groups excluding carboxylic acids is 4. The van der Waals surface area contributed by atoms with Crippen molar-refractivity contribution in [2.75, 3.05) is 18.5 Å². The zero-order valence-electron chi connectivity index (χ0n) is 22.0. The molecule has 4 atom stereocenters. The number of pyridine rings is 1. The Morgan fingerprint density at radius 1 is 1.21 bits per heavy atom. The monoisotopic (exact) mass is 591 g/mol. The van der Waals surface area contributed by atoms with Crippen LogP contribution in [0.2, 0.25) is 0 Å². The van der Waals surface area contributed by atoms with E-state index in [1.807, 2.05) is 0 Å². The Labute approximate surface area is 230 Å². The van der Waals surface area contributed by atoms with Crippen LogP contribution in [0.3, 0.4) is 0 Å². The average Bonchev–Trinajstić information content (AvgIpc) is 3.41. The van der Waals surface area contributed by atoms with Crippen LogP contribution >= 0.6 is 15.9 Å². The standard InChI is InChI=1S/C26H34BrN5O6/c1-15(33)29-17-7-5-6-10-37-13-16-8-9-20(27)30-21(16)31-23(35)18-11-26(14-28-22(17)34)12-19(26)32(18)24(36)38-25(2,3)4/h5-6,8-9,17-19H,7,10-14H2,1-4H3,(H,28,34)(H,29,33)(H,30,31,35)/b6-5+/t17-,18-,19+,26-/m0/s1. The summed E-state index contributed by atoms with van der Waals surface area (Å²) in [5, 5.41) is 8.51. The minimum absolute atomic E-state index is 0.183. The molecule has 0 unspecified atom stereocenters. The van der Waals surface area contributed by atoms with Crippen LogP contribution in [0.25, 0.3) is 0 Å². The lowest BCUT2D eigenvalue weighted by molar-refractivity contribution is -0.128. The number of aromatic nitrogens is 1.